The smallest absolute Gasteiger partial charge is 0.326 e. The normalized spacial score (nSPS) is 15.1. The van der Waals surface area contributed by atoms with E-state index >= 15 is 0 Å². The first-order valence-electron chi connectivity index (χ1n) is 9.92. The predicted molar refractivity (Wildman–Crippen MR) is 112 cm³/mol. The molecule has 1 aliphatic carbocycles. The molecule has 10 heteroatoms. The minimum Gasteiger partial charge on any atom is -0.326 e. The van der Waals surface area contributed by atoms with Gasteiger partial charge in [0.15, 0.2) is 5.69 Å². The first-order chi connectivity index (χ1) is 14.7. The van der Waals surface area contributed by atoms with Crippen molar-refractivity contribution < 1.29 is 18.0 Å². The highest BCUT2D eigenvalue weighted by Crippen LogP contribution is 2.42. The number of amides is 1. The largest absolute Gasteiger partial charge is 0.435 e. The van der Waals surface area contributed by atoms with Gasteiger partial charge in [-0.15, -0.1) is 0 Å². The number of benzene rings is 1. The summed E-state index contributed by atoms with van der Waals surface area (Å²) >= 11 is 3.36. The van der Waals surface area contributed by atoms with E-state index < -0.39 is 17.8 Å². The number of alkyl halides is 3. The topological polar surface area (TPSA) is 64.7 Å². The monoisotopic (exact) mass is 495 g/mol. The second-order valence-electron chi connectivity index (χ2n) is 7.86. The standard InChI is InChI=1S/C21H21BrF3N5O/c1-13(10-30-18(15-5-6-15)8-19(28-30)21(23,24)25)20(31)27-17-4-2-3-14(7-17)11-29-12-16(22)9-26-29/h2-4,7-9,12-13,15H,5-6,10-11H2,1H3,(H,27,31). The number of carbonyl (C=O) groups is 1. The lowest BCUT2D eigenvalue weighted by atomic mass is 10.1. The molecule has 3 aromatic rings. The van der Waals surface area contributed by atoms with Gasteiger partial charge in [-0.25, -0.2) is 0 Å². The van der Waals surface area contributed by atoms with Gasteiger partial charge in [0.25, 0.3) is 0 Å². The van der Waals surface area contributed by atoms with Crippen LogP contribution in [0, 0.1) is 5.92 Å². The van der Waals surface area contributed by atoms with Crippen molar-refractivity contribution in [3.8, 4) is 0 Å². The third-order valence-corrected chi connectivity index (χ3v) is 5.54. The van der Waals surface area contributed by atoms with E-state index in [1.807, 2.05) is 24.4 Å². The van der Waals surface area contributed by atoms with E-state index in [1.54, 1.807) is 23.9 Å². The van der Waals surface area contributed by atoms with Crippen LogP contribution in [-0.4, -0.2) is 25.5 Å². The van der Waals surface area contributed by atoms with Crippen molar-refractivity contribution in [1.29, 1.82) is 0 Å². The van der Waals surface area contributed by atoms with Gasteiger partial charge in [0.2, 0.25) is 5.91 Å². The van der Waals surface area contributed by atoms with E-state index in [9.17, 15) is 18.0 Å². The summed E-state index contributed by atoms with van der Waals surface area (Å²) in [6, 6.07) is 8.50. The Hall–Kier alpha value is -2.62. The maximum atomic E-state index is 13.1. The Morgan fingerprint density at radius 3 is 2.74 bits per heavy atom. The summed E-state index contributed by atoms with van der Waals surface area (Å²) in [5.41, 5.74) is 1.23. The van der Waals surface area contributed by atoms with Gasteiger partial charge in [0.05, 0.1) is 29.7 Å². The van der Waals surface area contributed by atoms with Crippen LogP contribution >= 0.6 is 15.9 Å². The number of nitrogens with one attached hydrogen (secondary N) is 1. The second kappa shape index (κ2) is 8.49. The van der Waals surface area contributed by atoms with Gasteiger partial charge in [0.1, 0.15) is 0 Å². The summed E-state index contributed by atoms with van der Waals surface area (Å²) in [5, 5.41) is 10.8. The predicted octanol–water partition coefficient (Wildman–Crippen LogP) is 5.06. The summed E-state index contributed by atoms with van der Waals surface area (Å²) in [6.07, 6.45) is 0.754. The number of carbonyl (C=O) groups excluding carboxylic acids is 1. The zero-order valence-corrected chi connectivity index (χ0v) is 18.3. The van der Waals surface area contributed by atoms with E-state index in [2.05, 4.69) is 31.4 Å². The third kappa shape index (κ3) is 5.36. The van der Waals surface area contributed by atoms with E-state index in [4.69, 9.17) is 0 Å². The highest BCUT2D eigenvalue weighted by molar-refractivity contribution is 9.10. The molecule has 6 nitrogen and oxygen atoms in total. The molecule has 2 aromatic heterocycles. The van der Waals surface area contributed by atoms with Gasteiger partial charge in [0, 0.05) is 23.5 Å². The Morgan fingerprint density at radius 2 is 2.10 bits per heavy atom. The van der Waals surface area contributed by atoms with Crippen molar-refractivity contribution in [2.75, 3.05) is 5.32 Å². The zero-order valence-electron chi connectivity index (χ0n) is 16.7. The average Bonchev–Trinajstić information content (AvgIpc) is 3.32. The molecule has 1 aliphatic rings. The SMILES string of the molecule is CC(Cn1nc(C(F)(F)F)cc1C1CC1)C(=O)Nc1cccc(Cn2cc(Br)cn2)c1. The van der Waals surface area contributed by atoms with Crippen molar-refractivity contribution >= 4 is 27.5 Å². The molecule has 1 atom stereocenters. The van der Waals surface area contributed by atoms with Gasteiger partial charge in [-0.2, -0.15) is 23.4 Å². The highest BCUT2D eigenvalue weighted by Gasteiger charge is 2.38. The first-order valence-corrected chi connectivity index (χ1v) is 10.7. The number of halogens is 4. The van der Waals surface area contributed by atoms with Crippen LogP contribution in [0.1, 0.15) is 42.6 Å². The fraction of sp³-hybridized carbons (Fsp3) is 0.381. The molecule has 1 amide bonds. The van der Waals surface area contributed by atoms with Gasteiger partial charge in [-0.05, 0) is 52.5 Å². The molecular formula is C21H21BrF3N5O. The molecule has 1 aromatic carbocycles. The molecule has 164 valence electrons. The van der Waals surface area contributed by atoms with E-state index in [1.165, 1.54) is 4.68 Å². The molecule has 0 aliphatic heterocycles. The Labute approximate surface area is 185 Å². The van der Waals surface area contributed by atoms with Crippen LogP contribution in [0.5, 0.6) is 0 Å². The van der Waals surface area contributed by atoms with E-state index in [0.717, 1.165) is 28.9 Å². The summed E-state index contributed by atoms with van der Waals surface area (Å²) in [4.78, 5) is 12.7. The van der Waals surface area contributed by atoms with Crippen molar-refractivity contribution in [1.82, 2.24) is 19.6 Å². The minimum atomic E-state index is -4.50. The molecule has 0 bridgehead atoms. The number of nitrogens with zero attached hydrogens (tertiary/aromatic N) is 4. The molecule has 0 saturated heterocycles. The van der Waals surface area contributed by atoms with Gasteiger partial charge in [-0.3, -0.25) is 14.2 Å². The fourth-order valence-corrected chi connectivity index (χ4v) is 3.72. The minimum absolute atomic E-state index is 0.0920. The lowest BCUT2D eigenvalue weighted by Gasteiger charge is -2.15. The van der Waals surface area contributed by atoms with Gasteiger partial charge < -0.3 is 5.32 Å². The average molecular weight is 496 g/mol. The summed E-state index contributed by atoms with van der Waals surface area (Å²) in [7, 11) is 0. The summed E-state index contributed by atoms with van der Waals surface area (Å²) in [5.74, 6) is -0.730. The highest BCUT2D eigenvalue weighted by atomic mass is 79.9. The molecule has 1 fully saturated rings. The molecular weight excluding hydrogens is 475 g/mol. The maximum absolute atomic E-state index is 13.1. The molecule has 4 rings (SSSR count). The second-order valence-corrected chi connectivity index (χ2v) is 8.77. The van der Waals surface area contributed by atoms with Crippen LogP contribution in [0.2, 0.25) is 0 Å². The van der Waals surface area contributed by atoms with E-state index in [-0.39, 0.29) is 18.4 Å². The Kier molecular flexibility index (Phi) is 5.92. The molecule has 0 radical (unpaired) electrons. The number of rotatable bonds is 7. The summed E-state index contributed by atoms with van der Waals surface area (Å²) < 4.78 is 43.2. The van der Waals surface area contributed by atoms with Gasteiger partial charge in [-0.1, -0.05) is 19.1 Å². The van der Waals surface area contributed by atoms with Crippen LogP contribution in [0.4, 0.5) is 18.9 Å². The number of hydrogen-bond acceptors (Lipinski definition) is 3. The van der Waals surface area contributed by atoms with Crippen molar-refractivity contribution in [3.05, 3.63) is 64.1 Å². The quantitative estimate of drug-likeness (QED) is 0.498. The van der Waals surface area contributed by atoms with Gasteiger partial charge >= 0.3 is 6.18 Å². The Bertz CT molecular complexity index is 1090. The van der Waals surface area contributed by atoms with Crippen LogP contribution in [0.15, 0.2) is 47.2 Å². The van der Waals surface area contributed by atoms with Crippen LogP contribution in [0.3, 0.4) is 0 Å². The van der Waals surface area contributed by atoms with Crippen LogP contribution in [0.25, 0.3) is 0 Å². The Morgan fingerprint density at radius 1 is 1.32 bits per heavy atom. The van der Waals surface area contributed by atoms with Crippen molar-refractivity contribution in [2.24, 2.45) is 5.92 Å². The number of anilines is 1. The molecule has 2 heterocycles. The first kappa shape index (κ1) is 21.6. The zero-order chi connectivity index (χ0) is 22.2. The van der Waals surface area contributed by atoms with Crippen LogP contribution in [-0.2, 0) is 24.1 Å². The Balaban J connectivity index is 1.42. The summed E-state index contributed by atoms with van der Waals surface area (Å²) in [6.45, 7) is 2.32. The number of aromatic nitrogens is 4. The lowest BCUT2D eigenvalue weighted by molar-refractivity contribution is -0.141. The third-order valence-electron chi connectivity index (χ3n) is 5.13. The number of hydrogen-bond donors (Lipinski definition) is 1. The van der Waals surface area contributed by atoms with Crippen molar-refractivity contribution in [3.63, 3.8) is 0 Å². The van der Waals surface area contributed by atoms with Crippen molar-refractivity contribution in [2.45, 2.75) is 44.9 Å². The molecule has 31 heavy (non-hydrogen) atoms. The molecule has 1 unspecified atom stereocenters. The molecule has 0 spiro atoms. The lowest BCUT2D eigenvalue weighted by Crippen LogP contribution is -2.25. The fourth-order valence-electron chi connectivity index (χ4n) is 3.39. The molecule has 1 saturated carbocycles. The molecule has 1 N–H and O–H groups in total. The van der Waals surface area contributed by atoms with E-state index in [0.29, 0.717) is 17.9 Å². The maximum Gasteiger partial charge on any atom is 0.435 e. The van der Waals surface area contributed by atoms with Crippen LogP contribution < -0.4 is 5.32 Å².